The van der Waals surface area contributed by atoms with Crippen molar-refractivity contribution in [3.05, 3.63) is 0 Å². The van der Waals surface area contributed by atoms with Crippen LogP contribution < -0.4 is 0 Å². The molecule has 0 unspecified atom stereocenters. The number of hydrogen-bond donors (Lipinski definition) is 0. The summed E-state index contributed by atoms with van der Waals surface area (Å²) in [5.41, 5.74) is 0. The third-order valence-corrected chi connectivity index (χ3v) is 3.98. The molecule has 0 saturated carbocycles. The van der Waals surface area contributed by atoms with E-state index in [0.717, 1.165) is 6.42 Å². The van der Waals surface area contributed by atoms with Crippen molar-refractivity contribution in [2.45, 2.75) is 32.6 Å². The van der Waals surface area contributed by atoms with Gasteiger partial charge in [0.15, 0.2) is 0 Å². The molecule has 0 aromatic heterocycles. The molecule has 0 radical (unpaired) electrons. The van der Waals surface area contributed by atoms with Gasteiger partial charge < -0.3 is 4.90 Å². The van der Waals surface area contributed by atoms with Gasteiger partial charge in [0.1, 0.15) is 9.84 Å². The fraction of sp³-hybridized carbons (Fsp3) is 0.900. The van der Waals surface area contributed by atoms with Crippen molar-refractivity contribution in [2.75, 3.05) is 25.6 Å². The number of carbonyl (C=O) groups is 1. The lowest BCUT2D eigenvalue weighted by atomic mass is 10.3. The number of amides is 1. The zero-order chi connectivity index (χ0) is 11.9. The SMILES string of the molecule is CCCCS(=O)(=O)CCCC(=O)N(C)C. The summed E-state index contributed by atoms with van der Waals surface area (Å²) in [6, 6.07) is 0. The summed E-state index contributed by atoms with van der Waals surface area (Å²) in [5, 5.41) is 0. The standard InChI is InChI=1S/C10H21NO3S/c1-4-5-8-15(13,14)9-6-7-10(12)11(2)3/h4-9H2,1-3H3. The van der Waals surface area contributed by atoms with Gasteiger partial charge in [0.05, 0.1) is 11.5 Å². The average molecular weight is 235 g/mol. The van der Waals surface area contributed by atoms with Crippen molar-refractivity contribution in [2.24, 2.45) is 0 Å². The predicted octanol–water partition coefficient (Wildman–Crippen LogP) is 1.07. The van der Waals surface area contributed by atoms with Crippen LogP contribution in [0.1, 0.15) is 32.6 Å². The Labute approximate surface area is 92.6 Å². The minimum atomic E-state index is -2.94. The molecule has 0 heterocycles. The molecule has 0 aromatic carbocycles. The molecule has 0 aliphatic rings. The first kappa shape index (κ1) is 14.4. The molecule has 0 aromatic rings. The van der Waals surface area contributed by atoms with Gasteiger partial charge in [0.2, 0.25) is 5.91 Å². The molecule has 0 N–H and O–H groups in total. The van der Waals surface area contributed by atoms with Crippen molar-refractivity contribution >= 4 is 15.7 Å². The van der Waals surface area contributed by atoms with Gasteiger partial charge in [-0.15, -0.1) is 0 Å². The van der Waals surface area contributed by atoms with E-state index < -0.39 is 9.84 Å². The molecule has 0 fully saturated rings. The highest BCUT2D eigenvalue weighted by Gasteiger charge is 2.11. The van der Waals surface area contributed by atoms with Crippen LogP contribution in [0.25, 0.3) is 0 Å². The lowest BCUT2D eigenvalue weighted by Crippen LogP contribution is -2.22. The van der Waals surface area contributed by atoms with E-state index in [0.29, 0.717) is 19.3 Å². The maximum absolute atomic E-state index is 11.4. The van der Waals surface area contributed by atoms with Gasteiger partial charge in [-0.3, -0.25) is 4.79 Å². The first-order chi connectivity index (χ1) is 6.89. The van der Waals surface area contributed by atoms with E-state index in [1.807, 2.05) is 6.92 Å². The van der Waals surface area contributed by atoms with Crippen molar-refractivity contribution in [3.63, 3.8) is 0 Å². The van der Waals surface area contributed by atoms with Crippen LogP contribution in [-0.4, -0.2) is 44.8 Å². The van der Waals surface area contributed by atoms with Gasteiger partial charge in [-0.1, -0.05) is 13.3 Å². The highest BCUT2D eigenvalue weighted by molar-refractivity contribution is 7.91. The van der Waals surface area contributed by atoms with Gasteiger partial charge in [-0.25, -0.2) is 8.42 Å². The summed E-state index contributed by atoms with van der Waals surface area (Å²) in [6.45, 7) is 1.96. The third kappa shape index (κ3) is 7.36. The van der Waals surface area contributed by atoms with E-state index in [2.05, 4.69) is 0 Å². The first-order valence-electron chi connectivity index (χ1n) is 5.29. The Hall–Kier alpha value is -0.580. The summed E-state index contributed by atoms with van der Waals surface area (Å²) >= 11 is 0. The second kappa shape index (κ2) is 6.82. The minimum Gasteiger partial charge on any atom is -0.349 e. The van der Waals surface area contributed by atoms with Gasteiger partial charge in [-0.05, 0) is 12.8 Å². The molecule has 0 aliphatic heterocycles. The highest BCUT2D eigenvalue weighted by Crippen LogP contribution is 2.02. The van der Waals surface area contributed by atoms with Crippen molar-refractivity contribution in [3.8, 4) is 0 Å². The normalized spacial score (nSPS) is 11.4. The Bertz CT molecular complexity index is 283. The van der Waals surface area contributed by atoms with Crippen LogP contribution in [0.3, 0.4) is 0 Å². The van der Waals surface area contributed by atoms with Crippen LogP contribution in [0.15, 0.2) is 0 Å². The summed E-state index contributed by atoms with van der Waals surface area (Å²) in [6.07, 6.45) is 2.35. The zero-order valence-electron chi connectivity index (χ0n) is 9.82. The quantitative estimate of drug-likeness (QED) is 0.663. The third-order valence-electron chi connectivity index (χ3n) is 2.15. The van der Waals surface area contributed by atoms with E-state index in [1.165, 1.54) is 4.90 Å². The van der Waals surface area contributed by atoms with E-state index >= 15 is 0 Å². The van der Waals surface area contributed by atoms with E-state index in [9.17, 15) is 13.2 Å². The van der Waals surface area contributed by atoms with E-state index in [1.54, 1.807) is 14.1 Å². The average Bonchev–Trinajstić information content (AvgIpc) is 2.14. The molecule has 0 aliphatic carbocycles. The van der Waals surface area contributed by atoms with Crippen LogP contribution in [0, 0.1) is 0 Å². The summed E-state index contributed by atoms with van der Waals surface area (Å²) in [5.74, 6) is 0.368. The van der Waals surface area contributed by atoms with Crippen LogP contribution >= 0.6 is 0 Å². The monoisotopic (exact) mass is 235 g/mol. The number of sulfone groups is 1. The second-order valence-electron chi connectivity index (χ2n) is 3.90. The Balaban J connectivity index is 3.80. The van der Waals surface area contributed by atoms with Gasteiger partial charge in [0.25, 0.3) is 0 Å². The summed E-state index contributed by atoms with van der Waals surface area (Å²) in [4.78, 5) is 12.7. The highest BCUT2D eigenvalue weighted by atomic mass is 32.2. The summed E-state index contributed by atoms with van der Waals surface area (Å²) in [7, 11) is 0.413. The predicted molar refractivity (Wildman–Crippen MR) is 61.5 cm³/mol. The Morgan fingerprint density at radius 2 is 1.67 bits per heavy atom. The van der Waals surface area contributed by atoms with Crippen LogP contribution in [0.4, 0.5) is 0 Å². The Morgan fingerprint density at radius 3 is 2.13 bits per heavy atom. The van der Waals surface area contributed by atoms with Gasteiger partial charge in [-0.2, -0.15) is 0 Å². The lowest BCUT2D eigenvalue weighted by Gasteiger charge is -2.09. The molecular weight excluding hydrogens is 214 g/mol. The molecular formula is C10H21NO3S. The van der Waals surface area contributed by atoms with Gasteiger partial charge in [0, 0.05) is 20.5 Å². The summed E-state index contributed by atoms with van der Waals surface area (Å²) < 4.78 is 22.8. The fourth-order valence-electron chi connectivity index (χ4n) is 1.13. The molecule has 0 atom stereocenters. The number of nitrogens with zero attached hydrogens (tertiary/aromatic N) is 1. The molecule has 1 amide bonds. The molecule has 0 saturated heterocycles. The van der Waals surface area contributed by atoms with Crippen molar-refractivity contribution < 1.29 is 13.2 Å². The molecule has 90 valence electrons. The molecule has 0 spiro atoms. The largest absolute Gasteiger partial charge is 0.349 e. The zero-order valence-corrected chi connectivity index (χ0v) is 10.6. The minimum absolute atomic E-state index is 0.0132. The maximum Gasteiger partial charge on any atom is 0.222 e. The smallest absolute Gasteiger partial charge is 0.222 e. The number of carbonyl (C=O) groups excluding carboxylic acids is 1. The maximum atomic E-state index is 11.4. The van der Waals surface area contributed by atoms with Crippen molar-refractivity contribution in [1.82, 2.24) is 4.90 Å². The van der Waals surface area contributed by atoms with E-state index in [-0.39, 0.29) is 17.4 Å². The number of hydrogen-bond acceptors (Lipinski definition) is 3. The molecule has 15 heavy (non-hydrogen) atoms. The molecule has 4 nitrogen and oxygen atoms in total. The van der Waals surface area contributed by atoms with Crippen LogP contribution in [-0.2, 0) is 14.6 Å². The topological polar surface area (TPSA) is 54.5 Å². The lowest BCUT2D eigenvalue weighted by molar-refractivity contribution is -0.128. The fourth-order valence-corrected chi connectivity index (χ4v) is 2.65. The van der Waals surface area contributed by atoms with Crippen molar-refractivity contribution in [1.29, 1.82) is 0 Å². The number of unbranched alkanes of at least 4 members (excludes halogenated alkanes) is 1. The molecule has 5 heteroatoms. The Morgan fingerprint density at radius 1 is 1.13 bits per heavy atom. The second-order valence-corrected chi connectivity index (χ2v) is 6.20. The molecule has 0 rings (SSSR count). The van der Waals surface area contributed by atoms with E-state index in [4.69, 9.17) is 0 Å². The van der Waals surface area contributed by atoms with Crippen LogP contribution in [0.5, 0.6) is 0 Å². The molecule has 0 bridgehead atoms. The first-order valence-corrected chi connectivity index (χ1v) is 7.11. The Kier molecular flexibility index (Phi) is 6.56. The van der Waals surface area contributed by atoms with Gasteiger partial charge >= 0.3 is 0 Å². The number of rotatable bonds is 7. The van der Waals surface area contributed by atoms with Crippen LogP contribution in [0.2, 0.25) is 0 Å².